The Hall–Kier alpha value is -0.430. The largest absolute Gasteiger partial charge is 0.134 e. The van der Waals surface area contributed by atoms with Gasteiger partial charge in [-0.15, -0.1) is 11.8 Å². The van der Waals surface area contributed by atoms with Gasteiger partial charge in [-0.1, -0.05) is 43.7 Å². The fourth-order valence-electron chi connectivity index (χ4n) is 0.916. The van der Waals surface area contributed by atoms with Crippen LogP contribution >= 0.6 is 11.8 Å². The average molecular weight is 182 g/mol. The van der Waals surface area contributed by atoms with Gasteiger partial charge in [-0.25, -0.2) is 0 Å². The molecule has 0 radical (unpaired) electrons. The van der Waals surface area contributed by atoms with Crippen molar-refractivity contribution in [1.29, 1.82) is 0 Å². The molecule has 0 heterocycles. The molecular formula is C11H18S. The fourth-order valence-corrected chi connectivity index (χ4v) is 1.50. The lowest BCUT2D eigenvalue weighted by molar-refractivity contribution is 1.20. The number of hydrogen-bond acceptors (Lipinski definition) is 1. The van der Waals surface area contributed by atoms with Crippen LogP contribution in [0.1, 0.15) is 27.2 Å². The van der Waals surface area contributed by atoms with E-state index in [4.69, 9.17) is 0 Å². The van der Waals surface area contributed by atoms with E-state index in [1.54, 1.807) is 0 Å². The predicted octanol–water partition coefficient (Wildman–Crippen LogP) is 4.17. The second-order valence-electron chi connectivity index (χ2n) is 2.41. The minimum atomic E-state index is 1.12. The van der Waals surface area contributed by atoms with Gasteiger partial charge in [0.15, 0.2) is 0 Å². The lowest BCUT2D eigenvalue weighted by Gasteiger charge is -1.99. The van der Waals surface area contributed by atoms with E-state index in [1.807, 2.05) is 25.6 Å². The third kappa shape index (κ3) is 4.45. The molecule has 0 aromatic heterocycles. The molecule has 0 unspecified atom stereocenters. The first kappa shape index (κ1) is 11.6. The lowest BCUT2D eigenvalue weighted by atomic mass is 10.2. The molecule has 0 saturated carbocycles. The molecule has 0 bridgehead atoms. The van der Waals surface area contributed by atoms with Crippen LogP contribution in [0.25, 0.3) is 0 Å². The predicted molar refractivity (Wildman–Crippen MR) is 60.5 cm³/mol. The monoisotopic (exact) mass is 182 g/mol. The minimum absolute atomic E-state index is 1.12. The van der Waals surface area contributed by atoms with Crippen molar-refractivity contribution in [2.75, 3.05) is 6.26 Å². The molecular weight excluding hydrogens is 164 g/mol. The zero-order chi connectivity index (χ0) is 9.40. The molecule has 0 atom stereocenters. The molecule has 0 aliphatic heterocycles. The summed E-state index contributed by atoms with van der Waals surface area (Å²) in [4.78, 5) is 1.45. The molecule has 0 nitrogen and oxygen atoms in total. The second kappa shape index (κ2) is 7.23. The van der Waals surface area contributed by atoms with E-state index in [0.717, 1.165) is 6.42 Å². The van der Waals surface area contributed by atoms with E-state index < -0.39 is 0 Å². The summed E-state index contributed by atoms with van der Waals surface area (Å²) in [5, 5.41) is 0. The Morgan fingerprint density at radius 3 is 2.33 bits per heavy atom. The van der Waals surface area contributed by atoms with Gasteiger partial charge in [0.2, 0.25) is 0 Å². The number of allylic oxidation sites excluding steroid dienone is 6. The van der Waals surface area contributed by atoms with E-state index in [2.05, 4.69) is 37.5 Å². The molecule has 12 heavy (non-hydrogen) atoms. The van der Waals surface area contributed by atoms with Gasteiger partial charge in [0.1, 0.15) is 0 Å². The highest BCUT2D eigenvalue weighted by molar-refractivity contribution is 8.02. The summed E-state index contributed by atoms with van der Waals surface area (Å²) in [5.74, 6) is 0. The summed E-state index contributed by atoms with van der Waals surface area (Å²) in [7, 11) is 0. The molecule has 0 saturated heterocycles. The van der Waals surface area contributed by atoms with Crippen molar-refractivity contribution in [2.45, 2.75) is 27.2 Å². The Morgan fingerprint density at radius 1 is 1.17 bits per heavy atom. The quantitative estimate of drug-likeness (QED) is 0.586. The highest BCUT2D eigenvalue weighted by Gasteiger charge is 1.96. The summed E-state index contributed by atoms with van der Waals surface area (Å²) >= 11 is 1.83. The molecule has 0 amide bonds. The Kier molecular flexibility index (Phi) is 6.97. The van der Waals surface area contributed by atoms with Crippen molar-refractivity contribution in [1.82, 2.24) is 0 Å². The molecule has 1 heteroatoms. The van der Waals surface area contributed by atoms with E-state index in [0.29, 0.717) is 0 Å². The molecule has 0 aromatic carbocycles. The van der Waals surface area contributed by atoms with Crippen LogP contribution in [0.5, 0.6) is 0 Å². The van der Waals surface area contributed by atoms with Crippen LogP contribution < -0.4 is 0 Å². The lowest BCUT2D eigenvalue weighted by Crippen LogP contribution is -1.76. The van der Waals surface area contributed by atoms with Crippen LogP contribution in [-0.4, -0.2) is 6.26 Å². The van der Waals surface area contributed by atoms with Crippen molar-refractivity contribution < 1.29 is 0 Å². The Morgan fingerprint density at radius 2 is 1.75 bits per heavy atom. The van der Waals surface area contributed by atoms with Crippen molar-refractivity contribution in [3.05, 3.63) is 34.8 Å². The number of rotatable bonds is 1. The zero-order valence-corrected chi connectivity index (χ0v) is 9.24. The first-order chi connectivity index (χ1) is 5.83. The Balaban J connectivity index is 0.000000561. The Bertz CT molecular complexity index is 197. The molecule has 68 valence electrons. The van der Waals surface area contributed by atoms with Gasteiger partial charge in [0, 0.05) is 0 Å². The van der Waals surface area contributed by atoms with Gasteiger partial charge in [0.05, 0.1) is 0 Å². The fraction of sp³-hybridized carbons (Fsp3) is 0.455. The molecule has 0 N–H and O–H groups in total. The van der Waals surface area contributed by atoms with Crippen LogP contribution in [0.2, 0.25) is 0 Å². The van der Waals surface area contributed by atoms with Crippen LogP contribution in [0, 0.1) is 0 Å². The van der Waals surface area contributed by atoms with Gasteiger partial charge in [-0.3, -0.25) is 0 Å². The summed E-state index contributed by atoms with van der Waals surface area (Å²) in [6.45, 7) is 6.17. The van der Waals surface area contributed by atoms with E-state index in [-0.39, 0.29) is 0 Å². The second-order valence-corrected chi connectivity index (χ2v) is 3.34. The van der Waals surface area contributed by atoms with Gasteiger partial charge in [-0.2, -0.15) is 0 Å². The number of thioether (sulfide) groups is 1. The van der Waals surface area contributed by atoms with Gasteiger partial charge in [-0.05, 0) is 24.5 Å². The van der Waals surface area contributed by atoms with E-state index >= 15 is 0 Å². The van der Waals surface area contributed by atoms with Crippen molar-refractivity contribution in [3.63, 3.8) is 0 Å². The summed E-state index contributed by atoms with van der Waals surface area (Å²) < 4.78 is 0. The third-order valence-corrected chi connectivity index (χ3v) is 2.29. The molecule has 0 spiro atoms. The van der Waals surface area contributed by atoms with Crippen molar-refractivity contribution in [3.8, 4) is 0 Å². The minimum Gasteiger partial charge on any atom is -0.134 e. The summed E-state index contributed by atoms with van der Waals surface area (Å²) in [6.07, 6.45) is 11.8. The van der Waals surface area contributed by atoms with Gasteiger partial charge >= 0.3 is 0 Å². The zero-order valence-electron chi connectivity index (χ0n) is 8.42. The van der Waals surface area contributed by atoms with Crippen molar-refractivity contribution >= 4 is 11.8 Å². The maximum absolute atomic E-state index is 2.18. The highest BCUT2D eigenvalue weighted by Crippen LogP contribution is 2.22. The standard InChI is InChI=1S/C9H12S.C2H6/c1-8-5-3-4-6-9(7-8)10-2;1-2/h3-6H,7H2,1-2H3;1-2H3. The van der Waals surface area contributed by atoms with Crippen LogP contribution in [0.4, 0.5) is 0 Å². The summed E-state index contributed by atoms with van der Waals surface area (Å²) in [6, 6.07) is 0. The van der Waals surface area contributed by atoms with Gasteiger partial charge < -0.3 is 0 Å². The molecule has 1 aliphatic rings. The molecule has 1 aliphatic carbocycles. The van der Waals surface area contributed by atoms with Crippen LogP contribution in [0.15, 0.2) is 34.8 Å². The van der Waals surface area contributed by atoms with E-state index in [1.165, 1.54) is 10.5 Å². The molecule has 0 aromatic rings. The van der Waals surface area contributed by atoms with Crippen LogP contribution in [-0.2, 0) is 0 Å². The highest BCUT2D eigenvalue weighted by atomic mass is 32.2. The smallest absolute Gasteiger partial charge is 0.000671 e. The summed E-state index contributed by atoms with van der Waals surface area (Å²) in [5.41, 5.74) is 1.44. The normalized spacial score (nSPS) is 15.3. The number of hydrogen-bond donors (Lipinski definition) is 0. The maximum atomic E-state index is 2.18. The maximum Gasteiger partial charge on any atom is -0.000671 e. The van der Waals surface area contributed by atoms with Crippen molar-refractivity contribution in [2.24, 2.45) is 0 Å². The Labute approximate surface area is 80.4 Å². The molecule has 1 rings (SSSR count). The van der Waals surface area contributed by atoms with Crippen LogP contribution in [0.3, 0.4) is 0 Å². The average Bonchev–Trinajstić information content (AvgIpc) is 2.33. The first-order valence-corrected chi connectivity index (χ1v) is 5.62. The first-order valence-electron chi connectivity index (χ1n) is 4.40. The van der Waals surface area contributed by atoms with Gasteiger partial charge in [0.25, 0.3) is 0 Å². The molecule has 0 fully saturated rings. The topological polar surface area (TPSA) is 0 Å². The van der Waals surface area contributed by atoms with E-state index in [9.17, 15) is 0 Å². The SMILES string of the molecule is CC.CSC1=CC=CC=C(C)C1. The third-order valence-electron chi connectivity index (χ3n) is 1.49.